The van der Waals surface area contributed by atoms with Crippen molar-refractivity contribution in [1.29, 1.82) is 0 Å². The summed E-state index contributed by atoms with van der Waals surface area (Å²) in [7, 11) is 0. The van der Waals surface area contributed by atoms with Gasteiger partial charge in [-0.15, -0.1) is 11.8 Å². The van der Waals surface area contributed by atoms with Crippen molar-refractivity contribution >= 4 is 46.1 Å². The number of fused-ring (bicyclic) bond motifs is 6. The van der Waals surface area contributed by atoms with Crippen molar-refractivity contribution in [3.05, 3.63) is 81.8 Å². The lowest BCUT2D eigenvalue weighted by atomic mass is 10.0. The van der Waals surface area contributed by atoms with Crippen LogP contribution in [0.2, 0.25) is 5.02 Å². The molecule has 1 aromatic carbocycles. The lowest BCUT2D eigenvalue weighted by Gasteiger charge is -2.35. The Morgan fingerprint density at radius 1 is 1.21 bits per heavy atom. The first-order chi connectivity index (χ1) is 20.8. The molecule has 5 heterocycles. The first kappa shape index (κ1) is 28.0. The number of amides is 1. The largest absolute Gasteiger partial charge is 0.355 e. The van der Waals surface area contributed by atoms with Crippen LogP contribution in [0, 0.1) is 5.82 Å². The van der Waals surface area contributed by atoms with Crippen LogP contribution in [0.5, 0.6) is 0 Å². The van der Waals surface area contributed by atoms with Gasteiger partial charge in [0.2, 0.25) is 5.91 Å². The number of anilines is 1. The molecule has 11 heteroatoms. The molecule has 4 aromatic rings. The topological polar surface area (TPSA) is 84.2 Å². The number of benzene rings is 1. The highest BCUT2D eigenvalue weighted by Gasteiger charge is 2.51. The number of hydrogen-bond acceptors (Lipinski definition) is 7. The fourth-order valence-corrected chi connectivity index (χ4v) is 7.70. The molecule has 1 saturated carbocycles. The monoisotopic (exact) mass is 616 g/mol. The first-order valence-corrected chi connectivity index (χ1v) is 15.9. The van der Waals surface area contributed by atoms with Crippen molar-refractivity contribution in [2.45, 2.75) is 56.0 Å². The summed E-state index contributed by atoms with van der Waals surface area (Å²) in [6, 6.07) is 8.74. The first-order valence-electron chi connectivity index (χ1n) is 14.5. The third kappa shape index (κ3) is 4.62. The normalized spacial score (nSPS) is 19.4. The second kappa shape index (κ2) is 10.7. The van der Waals surface area contributed by atoms with Gasteiger partial charge in [0.1, 0.15) is 11.6 Å². The second-order valence-corrected chi connectivity index (χ2v) is 13.0. The van der Waals surface area contributed by atoms with Gasteiger partial charge in [0, 0.05) is 24.2 Å². The number of carbonyl (C=O) groups is 1. The quantitative estimate of drug-likeness (QED) is 0.270. The molecule has 0 radical (unpaired) electrons. The summed E-state index contributed by atoms with van der Waals surface area (Å²) in [5.74, 6) is 0.721. The predicted octanol–water partition coefficient (Wildman–Crippen LogP) is 5.77. The summed E-state index contributed by atoms with van der Waals surface area (Å²) in [5.41, 5.74) is 2.90. The van der Waals surface area contributed by atoms with Crippen molar-refractivity contribution < 1.29 is 9.18 Å². The van der Waals surface area contributed by atoms with Gasteiger partial charge in [-0.1, -0.05) is 38.1 Å². The summed E-state index contributed by atoms with van der Waals surface area (Å²) in [6.45, 7) is 8.71. The van der Waals surface area contributed by atoms with Crippen LogP contribution in [0.1, 0.15) is 43.9 Å². The highest BCUT2D eigenvalue weighted by molar-refractivity contribution is 7.99. The maximum absolute atomic E-state index is 15.5. The molecule has 43 heavy (non-hydrogen) atoms. The van der Waals surface area contributed by atoms with Crippen LogP contribution in [0.3, 0.4) is 0 Å². The average Bonchev–Trinajstić information content (AvgIpc) is 3.79. The number of carbonyl (C=O) groups excluding carboxylic acids is 1. The number of halogens is 2. The zero-order chi connectivity index (χ0) is 30.0. The van der Waals surface area contributed by atoms with Gasteiger partial charge in [-0.2, -0.15) is 4.98 Å². The molecule has 0 spiro atoms. The number of nitrogens with zero attached hydrogens (tertiary/aromatic N) is 6. The van der Waals surface area contributed by atoms with Gasteiger partial charge >= 0.3 is 5.69 Å². The van der Waals surface area contributed by atoms with Gasteiger partial charge in [0.15, 0.2) is 5.65 Å². The number of thioether (sulfide) groups is 1. The van der Waals surface area contributed by atoms with E-state index in [1.54, 1.807) is 34.7 Å². The summed E-state index contributed by atoms with van der Waals surface area (Å²) >= 11 is 8.51. The number of aryl methyl sites for hydroxylation is 1. The molecular weight excluding hydrogens is 587 g/mol. The summed E-state index contributed by atoms with van der Waals surface area (Å²) in [4.78, 5) is 45.7. The number of pyridine rings is 2. The predicted molar refractivity (Wildman–Crippen MR) is 168 cm³/mol. The van der Waals surface area contributed by atoms with E-state index in [1.165, 1.54) is 12.1 Å². The third-order valence-corrected chi connectivity index (χ3v) is 9.94. The molecular formula is C32H30ClFN6O2S. The molecule has 3 aliphatic rings. The molecule has 1 amide bonds. The maximum Gasteiger partial charge on any atom is 0.355 e. The maximum atomic E-state index is 15.5. The summed E-state index contributed by atoms with van der Waals surface area (Å²) in [6.07, 6.45) is 5.41. The molecule has 0 unspecified atom stereocenters. The minimum Gasteiger partial charge on any atom is -0.349 e. The van der Waals surface area contributed by atoms with Gasteiger partial charge in [-0.05, 0) is 66.8 Å². The van der Waals surface area contributed by atoms with Gasteiger partial charge in [0.25, 0.3) is 0 Å². The van der Waals surface area contributed by atoms with E-state index in [-0.39, 0.29) is 34.6 Å². The smallest absolute Gasteiger partial charge is 0.349 e. The lowest BCUT2D eigenvalue weighted by Crippen LogP contribution is -2.49. The Morgan fingerprint density at radius 3 is 2.84 bits per heavy atom. The molecule has 2 aliphatic heterocycles. The Kier molecular flexibility index (Phi) is 7.01. The molecule has 220 valence electrons. The van der Waals surface area contributed by atoms with Crippen LogP contribution in [0.25, 0.3) is 28.0 Å². The van der Waals surface area contributed by atoms with E-state index < -0.39 is 11.5 Å². The highest BCUT2D eigenvalue weighted by atomic mass is 35.5. The SMILES string of the molecule is C=CC(=O)N1CCN(c2nc(=O)n3c4nc(c(Cl)cc24)-c2c(F)cccc2SCCCc2ccnc(C(C)C)c2-3)[C@@H]2C[C@@H]21. The molecule has 8 nitrogen and oxygen atoms in total. The number of hydrogen-bond donors (Lipinski definition) is 0. The van der Waals surface area contributed by atoms with Crippen LogP contribution in [0.15, 0.2) is 58.9 Å². The molecule has 2 atom stereocenters. The Hall–Kier alpha value is -3.76. The average molecular weight is 617 g/mol. The molecule has 3 aromatic heterocycles. The molecule has 1 saturated heterocycles. The highest BCUT2D eigenvalue weighted by Crippen LogP contribution is 2.44. The van der Waals surface area contributed by atoms with Crippen molar-refractivity contribution in [2.75, 3.05) is 23.7 Å². The fraction of sp³-hybridized carbons (Fsp3) is 0.344. The van der Waals surface area contributed by atoms with Crippen molar-refractivity contribution in [1.82, 2.24) is 24.4 Å². The molecule has 7 rings (SSSR count). The lowest BCUT2D eigenvalue weighted by molar-refractivity contribution is -0.126. The van der Waals surface area contributed by atoms with E-state index in [2.05, 4.69) is 16.5 Å². The van der Waals surface area contributed by atoms with Crippen LogP contribution >= 0.6 is 23.4 Å². The Labute approximate surface area is 257 Å². The van der Waals surface area contributed by atoms with E-state index in [9.17, 15) is 9.59 Å². The van der Waals surface area contributed by atoms with Crippen LogP contribution in [-0.2, 0) is 11.2 Å². The Balaban J connectivity index is 1.53. The zero-order valence-electron chi connectivity index (χ0n) is 23.9. The number of rotatable bonds is 3. The fourth-order valence-electron chi connectivity index (χ4n) is 6.43. The summed E-state index contributed by atoms with van der Waals surface area (Å²) < 4.78 is 17.1. The minimum atomic E-state index is -0.485. The zero-order valence-corrected chi connectivity index (χ0v) is 25.5. The van der Waals surface area contributed by atoms with Crippen molar-refractivity contribution in [3.63, 3.8) is 0 Å². The van der Waals surface area contributed by atoms with Gasteiger partial charge in [0.05, 0.1) is 45.1 Å². The van der Waals surface area contributed by atoms with Crippen molar-refractivity contribution in [2.24, 2.45) is 0 Å². The molecule has 2 bridgehead atoms. The van der Waals surface area contributed by atoms with Crippen LogP contribution < -0.4 is 10.6 Å². The van der Waals surface area contributed by atoms with Gasteiger partial charge < -0.3 is 9.80 Å². The van der Waals surface area contributed by atoms with Gasteiger partial charge in [-0.3, -0.25) is 9.78 Å². The Bertz CT molecular complexity index is 1880. The van der Waals surface area contributed by atoms with E-state index >= 15 is 4.39 Å². The van der Waals surface area contributed by atoms with E-state index in [0.29, 0.717) is 47.6 Å². The minimum absolute atomic E-state index is 0.0161. The van der Waals surface area contributed by atoms with Gasteiger partial charge in [-0.25, -0.2) is 18.7 Å². The second-order valence-electron chi connectivity index (χ2n) is 11.5. The van der Waals surface area contributed by atoms with E-state index in [0.717, 1.165) is 34.7 Å². The molecule has 1 aliphatic carbocycles. The summed E-state index contributed by atoms with van der Waals surface area (Å²) in [5, 5.41) is 0.864. The van der Waals surface area contributed by atoms with E-state index in [1.807, 2.05) is 30.9 Å². The number of piperazine rings is 1. The van der Waals surface area contributed by atoms with Crippen LogP contribution in [-0.4, -0.2) is 61.3 Å². The third-order valence-electron chi connectivity index (χ3n) is 8.50. The Morgan fingerprint density at radius 2 is 2.05 bits per heavy atom. The van der Waals surface area contributed by atoms with E-state index in [4.69, 9.17) is 21.6 Å². The van der Waals surface area contributed by atoms with Crippen LogP contribution in [0.4, 0.5) is 10.2 Å². The molecule has 2 fully saturated rings. The number of aromatic nitrogens is 4. The standard InChI is InChI=1S/C32H30ClFN6O2S/c1-4-25(41)38-12-13-39(23-16-22(23)38)30-19-15-20(33)28-26-21(34)8-5-9-24(26)43-14-6-7-18-10-11-35-27(17(2)3)29(18)40(31(19)36-28)32(42)37-30/h4-5,8-11,15,17,22-23H,1,6-7,12-14,16H2,2-3H3/t22-,23+/m0/s1. The van der Waals surface area contributed by atoms with Crippen molar-refractivity contribution in [3.8, 4) is 16.9 Å². The molecule has 0 N–H and O–H groups in total.